The lowest BCUT2D eigenvalue weighted by atomic mass is 9.77. The summed E-state index contributed by atoms with van der Waals surface area (Å²) in [5.41, 5.74) is 6.02. The zero-order valence-electron chi connectivity index (χ0n) is 12.9. The van der Waals surface area contributed by atoms with Gasteiger partial charge in [0.15, 0.2) is 0 Å². The highest BCUT2D eigenvalue weighted by atomic mass is 16.5. The van der Waals surface area contributed by atoms with Gasteiger partial charge in [0, 0.05) is 32.2 Å². The van der Waals surface area contributed by atoms with Crippen molar-refractivity contribution >= 4 is 5.91 Å². The van der Waals surface area contributed by atoms with Gasteiger partial charge in [0.1, 0.15) is 0 Å². The standard InChI is InChI=1S/C15H30N2O2/c1-11-9-12(16)5-6-13(11)14(18)17-10-15(2,3)7-8-19-4/h11-13H,5-10,16H2,1-4H3,(H,17,18). The Bertz CT molecular complexity index is 292. The Labute approximate surface area is 117 Å². The molecule has 0 bridgehead atoms. The average Bonchev–Trinajstić information content (AvgIpc) is 2.34. The summed E-state index contributed by atoms with van der Waals surface area (Å²) in [6, 6.07) is 0.275. The van der Waals surface area contributed by atoms with Gasteiger partial charge < -0.3 is 15.8 Å². The van der Waals surface area contributed by atoms with Crippen molar-refractivity contribution in [3.05, 3.63) is 0 Å². The van der Waals surface area contributed by atoms with Gasteiger partial charge in [-0.3, -0.25) is 4.79 Å². The largest absolute Gasteiger partial charge is 0.385 e. The molecule has 112 valence electrons. The smallest absolute Gasteiger partial charge is 0.223 e. The van der Waals surface area contributed by atoms with Crippen molar-refractivity contribution in [3.63, 3.8) is 0 Å². The molecule has 1 fully saturated rings. The van der Waals surface area contributed by atoms with Crippen molar-refractivity contribution in [2.45, 2.75) is 52.5 Å². The molecule has 1 aliphatic carbocycles. The van der Waals surface area contributed by atoms with E-state index in [1.165, 1.54) is 0 Å². The molecule has 0 aromatic heterocycles. The van der Waals surface area contributed by atoms with Gasteiger partial charge in [-0.15, -0.1) is 0 Å². The van der Waals surface area contributed by atoms with E-state index in [4.69, 9.17) is 10.5 Å². The van der Waals surface area contributed by atoms with Crippen molar-refractivity contribution < 1.29 is 9.53 Å². The van der Waals surface area contributed by atoms with Crippen LogP contribution in [0.3, 0.4) is 0 Å². The number of hydrogen-bond acceptors (Lipinski definition) is 3. The summed E-state index contributed by atoms with van der Waals surface area (Å²) >= 11 is 0. The minimum absolute atomic E-state index is 0.0833. The molecule has 0 aromatic rings. The number of ether oxygens (including phenoxy) is 1. The number of amides is 1. The van der Waals surface area contributed by atoms with Crippen LogP contribution < -0.4 is 11.1 Å². The Hall–Kier alpha value is -0.610. The molecule has 1 amide bonds. The first-order valence-electron chi connectivity index (χ1n) is 7.38. The number of nitrogens with one attached hydrogen (secondary N) is 1. The molecule has 0 saturated heterocycles. The van der Waals surface area contributed by atoms with Crippen molar-refractivity contribution in [2.75, 3.05) is 20.3 Å². The van der Waals surface area contributed by atoms with Crippen LogP contribution in [0.4, 0.5) is 0 Å². The summed E-state index contributed by atoms with van der Waals surface area (Å²) in [6.45, 7) is 7.90. The molecule has 3 atom stereocenters. The average molecular weight is 270 g/mol. The van der Waals surface area contributed by atoms with Crippen LogP contribution in [0, 0.1) is 17.3 Å². The van der Waals surface area contributed by atoms with Gasteiger partial charge in [0.25, 0.3) is 0 Å². The Balaban J connectivity index is 2.38. The van der Waals surface area contributed by atoms with Gasteiger partial charge >= 0.3 is 0 Å². The molecule has 1 aliphatic rings. The van der Waals surface area contributed by atoms with Gasteiger partial charge in [-0.05, 0) is 37.0 Å². The van der Waals surface area contributed by atoms with Crippen LogP contribution in [0.25, 0.3) is 0 Å². The monoisotopic (exact) mass is 270 g/mol. The summed E-state index contributed by atoms with van der Waals surface area (Å²) in [5, 5.41) is 3.11. The third-order valence-electron chi connectivity index (χ3n) is 4.27. The second kappa shape index (κ2) is 7.25. The number of carbonyl (C=O) groups is 1. The number of carbonyl (C=O) groups excluding carboxylic acids is 1. The maximum Gasteiger partial charge on any atom is 0.223 e. The third-order valence-corrected chi connectivity index (χ3v) is 4.27. The molecule has 3 unspecified atom stereocenters. The first kappa shape index (κ1) is 16.4. The fourth-order valence-electron chi connectivity index (χ4n) is 2.75. The van der Waals surface area contributed by atoms with Crippen LogP contribution in [-0.2, 0) is 9.53 Å². The molecule has 0 aliphatic heterocycles. The van der Waals surface area contributed by atoms with Gasteiger partial charge in [-0.1, -0.05) is 20.8 Å². The van der Waals surface area contributed by atoms with Crippen LogP contribution in [0.1, 0.15) is 46.5 Å². The zero-order valence-corrected chi connectivity index (χ0v) is 12.9. The predicted octanol–water partition coefficient (Wildman–Crippen LogP) is 1.93. The van der Waals surface area contributed by atoms with Crippen LogP contribution in [0.5, 0.6) is 0 Å². The lowest BCUT2D eigenvalue weighted by Crippen LogP contribution is -2.43. The Kier molecular flexibility index (Phi) is 6.27. The second-order valence-corrected chi connectivity index (χ2v) is 6.78. The van der Waals surface area contributed by atoms with Gasteiger partial charge in [-0.2, -0.15) is 0 Å². The molecular weight excluding hydrogens is 240 g/mol. The van der Waals surface area contributed by atoms with Crippen LogP contribution in [0.2, 0.25) is 0 Å². The molecule has 3 N–H and O–H groups in total. The van der Waals surface area contributed by atoms with Gasteiger partial charge in [-0.25, -0.2) is 0 Å². The number of hydrogen-bond donors (Lipinski definition) is 2. The number of rotatable bonds is 6. The quantitative estimate of drug-likeness (QED) is 0.775. The highest BCUT2D eigenvalue weighted by Crippen LogP contribution is 2.29. The Morgan fingerprint density at radius 1 is 1.42 bits per heavy atom. The molecule has 0 spiro atoms. The molecule has 0 aromatic carbocycles. The number of methoxy groups -OCH3 is 1. The van der Waals surface area contributed by atoms with Crippen molar-refractivity contribution in [3.8, 4) is 0 Å². The summed E-state index contributed by atoms with van der Waals surface area (Å²) < 4.78 is 5.10. The van der Waals surface area contributed by atoms with E-state index < -0.39 is 0 Å². The van der Waals surface area contributed by atoms with E-state index in [2.05, 4.69) is 26.1 Å². The molecule has 4 heteroatoms. The van der Waals surface area contributed by atoms with Crippen molar-refractivity contribution in [1.82, 2.24) is 5.32 Å². The van der Waals surface area contributed by atoms with E-state index in [-0.39, 0.29) is 23.3 Å². The van der Waals surface area contributed by atoms with Crippen LogP contribution >= 0.6 is 0 Å². The van der Waals surface area contributed by atoms with Crippen molar-refractivity contribution in [1.29, 1.82) is 0 Å². The Morgan fingerprint density at radius 3 is 2.68 bits per heavy atom. The maximum atomic E-state index is 12.3. The third kappa shape index (κ3) is 5.49. The second-order valence-electron chi connectivity index (χ2n) is 6.78. The highest BCUT2D eigenvalue weighted by Gasteiger charge is 2.31. The molecule has 1 rings (SSSR count). The maximum absolute atomic E-state index is 12.3. The lowest BCUT2D eigenvalue weighted by molar-refractivity contribution is -0.128. The van der Waals surface area contributed by atoms with Gasteiger partial charge in [0.2, 0.25) is 5.91 Å². The molecule has 0 radical (unpaired) electrons. The molecular formula is C15H30N2O2. The molecule has 0 heterocycles. The van der Waals surface area contributed by atoms with E-state index in [0.717, 1.165) is 32.3 Å². The van der Waals surface area contributed by atoms with E-state index in [9.17, 15) is 4.79 Å². The van der Waals surface area contributed by atoms with E-state index in [1.54, 1.807) is 7.11 Å². The Morgan fingerprint density at radius 2 is 2.11 bits per heavy atom. The van der Waals surface area contributed by atoms with E-state index in [1.807, 2.05) is 0 Å². The van der Waals surface area contributed by atoms with E-state index >= 15 is 0 Å². The van der Waals surface area contributed by atoms with Crippen LogP contribution in [-0.4, -0.2) is 32.2 Å². The fraction of sp³-hybridized carbons (Fsp3) is 0.933. The molecule has 4 nitrogen and oxygen atoms in total. The summed E-state index contributed by atoms with van der Waals surface area (Å²) in [4.78, 5) is 12.3. The molecule has 19 heavy (non-hydrogen) atoms. The summed E-state index contributed by atoms with van der Waals surface area (Å²) in [7, 11) is 1.71. The fourth-order valence-corrected chi connectivity index (χ4v) is 2.75. The van der Waals surface area contributed by atoms with Crippen molar-refractivity contribution in [2.24, 2.45) is 23.0 Å². The minimum Gasteiger partial charge on any atom is -0.385 e. The zero-order chi connectivity index (χ0) is 14.5. The summed E-state index contributed by atoms with van der Waals surface area (Å²) in [5.74, 6) is 0.730. The van der Waals surface area contributed by atoms with E-state index in [0.29, 0.717) is 12.5 Å². The lowest BCUT2D eigenvalue weighted by Gasteiger charge is -2.33. The normalized spacial score (nSPS) is 28.2. The van der Waals surface area contributed by atoms with Gasteiger partial charge in [0.05, 0.1) is 0 Å². The summed E-state index contributed by atoms with van der Waals surface area (Å²) in [6.07, 6.45) is 3.81. The topological polar surface area (TPSA) is 64.3 Å². The molecule has 1 saturated carbocycles. The predicted molar refractivity (Wildman–Crippen MR) is 77.8 cm³/mol. The first-order chi connectivity index (χ1) is 8.85. The SMILES string of the molecule is COCCC(C)(C)CNC(=O)C1CCC(N)CC1C. The first-order valence-corrected chi connectivity index (χ1v) is 7.38. The highest BCUT2D eigenvalue weighted by molar-refractivity contribution is 5.79. The number of nitrogens with two attached hydrogens (primary N) is 1. The minimum atomic E-state index is 0.0833. The van der Waals surface area contributed by atoms with Crippen LogP contribution in [0.15, 0.2) is 0 Å².